The van der Waals surface area contributed by atoms with Crippen molar-refractivity contribution in [2.75, 3.05) is 19.6 Å². The molecule has 0 aliphatic heterocycles. The Morgan fingerprint density at radius 2 is 1.67 bits per heavy atom. The van der Waals surface area contributed by atoms with Crippen LogP contribution in [0.4, 0.5) is 0 Å². The maximum atomic E-state index is 5.73. The first-order valence-corrected chi connectivity index (χ1v) is 5.09. The van der Waals surface area contributed by atoms with Crippen LogP contribution in [0, 0.1) is 5.92 Å². The summed E-state index contributed by atoms with van der Waals surface area (Å²) in [6.45, 7) is 11.9. The van der Waals surface area contributed by atoms with Crippen LogP contribution in [0.15, 0.2) is 0 Å². The van der Waals surface area contributed by atoms with Crippen molar-refractivity contribution in [1.82, 2.24) is 4.90 Å². The van der Waals surface area contributed by atoms with Gasteiger partial charge >= 0.3 is 0 Å². The van der Waals surface area contributed by atoms with Gasteiger partial charge in [-0.05, 0) is 25.4 Å². The van der Waals surface area contributed by atoms with Gasteiger partial charge in [0.25, 0.3) is 0 Å². The Balaban J connectivity index is 3.92. The first-order chi connectivity index (χ1) is 5.65. The predicted octanol–water partition coefficient (Wildman–Crippen LogP) is 1.70. The minimum atomic E-state index is 0.583. The molecule has 2 nitrogen and oxygen atoms in total. The standard InChI is InChI=1S/C10H24N2/c1-5-12(6-2)10(8-11)7-9(3)4/h9-10H,5-8,11H2,1-4H3. The highest BCUT2D eigenvalue weighted by molar-refractivity contribution is 4.71. The third-order valence-corrected chi connectivity index (χ3v) is 2.34. The highest BCUT2D eigenvalue weighted by Crippen LogP contribution is 2.09. The van der Waals surface area contributed by atoms with E-state index in [0.29, 0.717) is 6.04 Å². The van der Waals surface area contributed by atoms with Gasteiger partial charge in [-0.25, -0.2) is 0 Å². The molecule has 1 atom stereocenters. The largest absolute Gasteiger partial charge is 0.329 e. The zero-order valence-electron chi connectivity index (χ0n) is 9.01. The zero-order valence-corrected chi connectivity index (χ0v) is 9.01. The first kappa shape index (κ1) is 11.9. The van der Waals surface area contributed by atoms with Crippen LogP contribution in [0.3, 0.4) is 0 Å². The Bertz CT molecular complexity index is 98.0. The molecule has 0 spiro atoms. The van der Waals surface area contributed by atoms with Crippen LogP contribution in [0.1, 0.15) is 34.1 Å². The van der Waals surface area contributed by atoms with Crippen molar-refractivity contribution in [3.63, 3.8) is 0 Å². The van der Waals surface area contributed by atoms with Gasteiger partial charge in [-0.3, -0.25) is 4.90 Å². The van der Waals surface area contributed by atoms with Gasteiger partial charge in [0.05, 0.1) is 0 Å². The monoisotopic (exact) mass is 172 g/mol. The fourth-order valence-corrected chi connectivity index (χ4v) is 1.68. The van der Waals surface area contributed by atoms with Crippen molar-refractivity contribution in [2.45, 2.75) is 40.2 Å². The lowest BCUT2D eigenvalue weighted by molar-refractivity contribution is 0.196. The summed E-state index contributed by atoms with van der Waals surface area (Å²) in [5.41, 5.74) is 5.73. The molecule has 0 saturated carbocycles. The van der Waals surface area contributed by atoms with Crippen molar-refractivity contribution in [3.8, 4) is 0 Å². The molecule has 0 aromatic carbocycles. The molecule has 2 N–H and O–H groups in total. The number of hydrogen-bond acceptors (Lipinski definition) is 2. The van der Waals surface area contributed by atoms with Crippen LogP contribution in [-0.2, 0) is 0 Å². The summed E-state index contributed by atoms with van der Waals surface area (Å²) in [5.74, 6) is 0.749. The number of rotatable bonds is 6. The van der Waals surface area contributed by atoms with E-state index in [4.69, 9.17) is 5.73 Å². The topological polar surface area (TPSA) is 29.3 Å². The van der Waals surface area contributed by atoms with Crippen molar-refractivity contribution in [3.05, 3.63) is 0 Å². The maximum Gasteiger partial charge on any atom is 0.0220 e. The third-order valence-electron chi connectivity index (χ3n) is 2.34. The third kappa shape index (κ3) is 4.07. The second kappa shape index (κ2) is 6.44. The zero-order chi connectivity index (χ0) is 9.56. The molecule has 0 rings (SSSR count). The minimum absolute atomic E-state index is 0.583. The van der Waals surface area contributed by atoms with Gasteiger partial charge in [-0.1, -0.05) is 27.7 Å². The molecule has 0 bridgehead atoms. The lowest BCUT2D eigenvalue weighted by Gasteiger charge is -2.29. The van der Waals surface area contributed by atoms with Crippen molar-refractivity contribution < 1.29 is 0 Å². The molecule has 0 fully saturated rings. The molecular weight excluding hydrogens is 148 g/mol. The van der Waals surface area contributed by atoms with Crippen molar-refractivity contribution >= 4 is 0 Å². The molecular formula is C10H24N2. The number of likely N-dealkylation sites (N-methyl/N-ethyl adjacent to an activating group) is 1. The fraction of sp³-hybridized carbons (Fsp3) is 1.00. The van der Waals surface area contributed by atoms with Gasteiger partial charge in [0.2, 0.25) is 0 Å². The summed E-state index contributed by atoms with van der Waals surface area (Å²) < 4.78 is 0. The average molecular weight is 172 g/mol. The summed E-state index contributed by atoms with van der Waals surface area (Å²) in [6.07, 6.45) is 1.22. The van der Waals surface area contributed by atoms with Gasteiger partial charge in [0.1, 0.15) is 0 Å². The van der Waals surface area contributed by atoms with Gasteiger partial charge in [-0.2, -0.15) is 0 Å². The Hall–Kier alpha value is -0.0800. The Labute approximate surface area is 77.1 Å². The summed E-state index contributed by atoms with van der Waals surface area (Å²) in [7, 11) is 0. The van der Waals surface area contributed by atoms with E-state index in [0.717, 1.165) is 25.6 Å². The second-order valence-corrected chi connectivity index (χ2v) is 3.74. The number of nitrogens with zero attached hydrogens (tertiary/aromatic N) is 1. The molecule has 74 valence electrons. The van der Waals surface area contributed by atoms with Crippen LogP contribution in [0.5, 0.6) is 0 Å². The smallest absolute Gasteiger partial charge is 0.0220 e. The first-order valence-electron chi connectivity index (χ1n) is 5.09. The molecule has 2 heteroatoms. The van der Waals surface area contributed by atoms with E-state index in [-0.39, 0.29) is 0 Å². The van der Waals surface area contributed by atoms with Gasteiger partial charge in [-0.15, -0.1) is 0 Å². The molecule has 1 unspecified atom stereocenters. The van der Waals surface area contributed by atoms with Crippen LogP contribution >= 0.6 is 0 Å². The summed E-state index contributed by atoms with van der Waals surface area (Å²) in [4.78, 5) is 2.44. The fourth-order valence-electron chi connectivity index (χ4n) is 1.68. The van der Waals surface area contributed by atoms with Gasteiger partial charge in [0.15, 0.2) is 0 Å². The highest BCUT2D eigenvalue weighted by atomic mass is 15.1. The quantitative estimate of drug-likeness (QED) is 0.661. The van der Waals surface area contributed by atoms with Crippen LogP contribution in [0.25, 0.3) is 0 Å². The molecule has 12 heavy (non-hydrogen) atoms. The summed E-state index contributed by atoms with van der Waals surface area (Å²) in [6, 6.07) is 0.583. The van der Waals surface area contributed by atoms with Crippen molar-refractivity contribution in [2.24, 2.45) is 11.7 Å². The van der Waals surface area contributed by atoms with E-state index in [9.17, 15) is 0 Å². The molecule has 0 saturated heterocycles. The molecule has 0 amide bonds. The normalized spacial score (nSPS) is 14.2. The predicted molar refractivity (Wildman–Crippen MR) is 55.2 cm³/mol. The van der Waals surface area contributed by atoms with Crippen LogP contribution < -0.4 is 5.73 Å². The molecule has 0 aromatic rings. The average Bonchev–Trinajstić information content (AvgIpc) is 2.04. The van der Waals surface area contributed by atoms with Gasteiger partial charge < -0.3 is 5.73 Å². The molecule has 0 heterocycles. The number of nitrogens with two attached hydrogens (primary N) is 1. The molecule has 0 aromatic heterocycles. The SMILES string of the molecule is CCN(CC)C(CN)CC(C)C. The summed E-state index contributed by atoms with van der Waals surface area (Å²) in [5, 5.41) is 0. The van der Waals surface area contributed by atoms with E-state index >= 15 is 0 Å². The molecule has 0 radical (unpaired) electrons. The van der Waals surface area contributed by atoms with Crippen molar-refractivity contribution in [1.29, 1.82) is 0 Å². The number of hydrogen-bond donors (Lipinski definition) is 1. The van der Waals surface area contributed by atoms with E-state index in [1.165, 1.54) is 6.42 Å². The van der Waals surface area contributed by atoms with E-state index < -0.39 is 0 Å². The maximum absolute atomic E-state index is 5.73. The molecule has 0 aliphatic rings. The summed E-state index contributed by atoms with van der Waals surface area (Å²) >= 11 is 0. The lowest BCUT2D eigenvalue weighted by atomic mass is 10.0. The van der Waals surface area contributed by atoms with E-state index in [2.05, 4.69) is 32.6 Å². The van der Waals surface area contributed by atoms with E-state index in [1.54, 1.807) is 0 Å². The Morgan fingerprint density at radius 1 is 1.17 bits per heavy atom. The van der Waals surface area contributed by atoms with E-state index in [1.807, 2.05) is 0 Å². The van der Waals surface area contributed by atoms with Gasteiger partial charge in [0, 0.05) is 12.6 Å². The Kier molecular flexibility index (Phi) is 6.39. The molecule has 0 aliphatic carbocycles. The lowest BCUT2D eigenvalue weighted by Crippen LogP contribution is -2.41. The highest BCUT2D eigenvalue weighted by Gasteiger charge is 2.14. The minimum Gasteiger partial charge on any atom is -0.329 e. The second-order valence-electron chi connectivity index (χ2n) is 3.74. The van der Waals surface area contributed by atoms with Crippen LogP contribution in [0.2, 0.25) is 0 Å². The Morgan fingerprint density at radius 3 is 1.92 bits per heavy atom. The van der Waals surface area contributed by atoms with Crippen LogP contribution in [-0.4, -0.2) is 30.6 Å².